The zero-order chi connectivity index (χ0) is 12.6. The molecule has 1 unspecified atom stereocenters. The number of nitrogens with one attached hydrogen (secondary N) is 1. The molecule has 16 heavy (non-hydrogen) atoms. The first-order chi connectivity index (χ1) is 7.54. The van der Waals surface area contributed by atoms with Crippen molar-refractivity contribution in [3.8, 4) is 0 Å². The number of rotatable bonds is 8. The Morgan fingerprint density at radius 2 is 2.12 bits per heavy atom. The number of methoxy groups -OCH3 is 1. The molecule has 1 amide bonds. The summed E-state index contributed by atoms with van der Waals surface area (Å²) in [6.45, 7) is 2.96. The SMILES string of the molecule is CCC(C(=O)O)N(C)C(=O)CNCCOC. The minimum atomic E-state index is -0.977. The van der Waals surface area contributed by atoms with Gasteiger partial charge in [-0.25, -0.2) is 4.79 Å². The van der Waals surface area contributed by atoms with Gasteiger partial charge in [-0.05, 0) is 6.42 Å². The number of likely N-dealkylation sites (N-methyl/N-ethyl adjacent to an activating group) is 1. The zero-order valence-corrected chi connectivity index (χ0v) is 10.0. The van der Waals surface area contributed by atoms with Gasteiger partial charge in [0.25, 0.3) is 0 Å². The first-order valence-corrected chi connectivity index (χ1v) is 5.22. The Labute approximate surface area is 95.6 Å². The number of carbonyl (C=O) groups is 2. The fraction of sp³-hybridized carbons (Fsp3) is 0.800. The predicted molar refractivity (Wildman–Crippen MR) is 59.2 cm³/mol. The molecule has 6 heteroatoms. The molecule has 0 saturated heterocycles. The summed E-state index contributed by atoms with van der Waals surface area (Å²) < 4.78 is 4.81. The van der Waals surface area contributed by atoms with Gasteiger partial charge < -0.3 is 20.1 Å². The number of aliphatic carboxylic acids is 1. The third kappa shape index (κ3) is 5.09. The lowest BCUT2D eigenvalue weighted by atomic mass is 10.2. The highest BCUT2D eigenvalue weighted by Gasteiger charge is 2.23. The summed E-state index contributed by atoms with van der Waals surface area (Å²) in [6.07, 6.45) is 0.398. The molecule has 0 heterocycles. The molecule has 0 aromatic heterocycles. The van der Waals surface area contributed by atoms with E-state index in [1.165, 1.54) is 11.9 Å². The Hall–Kier alpha value is -1.14. The van der Waals surface area contributed by atoms with Crippen molar-refractivity contribution in [2.75, 3.05) is 33.9 Å². The lowest BCUT2D eigenvalue weighted by molar-refractivity contribution is -0.148. The van der Waals surface area contributed by atoms with Crippen LogP contribution < -0.4 is 5.32 Å². The van der Waals surface area contributed by atoms with Crippen molar-refractivity contribution in [3.63, 3.8) is 0 Å². The number of carboxylic acid groups (broad SMARTS) is 1. The second-order valence-corrected chi connectivity index (χ2v) is 3.44. The van der Waals surface area contributed by atoms with Crippen molar-refractivity contribution in [2.45, 2.75) is 19.4 Å². The fourth-order valence-corrected chi connectivity index (χ4v) is 1.28. The van der Waals surface area contributed by atoms with Crippen molar-refractivity contribution in [2.24, 2.45) is 0 Å². The standard InChI is InChI=1S/C10H20N2O4/c1-4-8(10(14)15)12(2)9(13)7-11-5-6-16-3/h8,11H,4-7H2,1-3H3,(H,14,15). The molecule has 0 spiro atoms. The minimum Gasteiger partial charge on any atom is -0.480 e. The van der Waals surface area contributed by atoms with Gasteiger partial charge >= 0.3 is 5.97 Å². The quantitative estimate of drug-likeness (QED) is 0.554. The molecule has 0 aliphatic heterocycles. The number of hydrogen-bond donors (Lipinski definition) is 2. The molecular formula is C10H20N2O4. The summed E-state index contributed by atoms with van der Waals surface area (Å²) in [6, 6.07) is -0.753. The Kier molecular flexibility index (Phi) is 7.49. The molecule has 1 atom stereocenters. The first kappa shape index (κ1) is 14.9. The Morgan fingerprint density at radius 1 is 1.50 bits per heavy atom. The van der Waals surface area contributed by atoms with Crippen molar-refractivity contribution in [3.05, 3.63) is 0 Å². The molecule has 0 aromatic rings. The number of hydrogen-bond acceptors (Lipinski definition) is 4. The van der Waals surface area contributed by atoms with Crippen LogP contribution in [-0.2, 0) is 14.3 Å². The van der Waals surface area contributed by atoms with Gasteiger partial charge in [0.15, 0.2) is 0 Å². The number of nitrogens with zero attached hydrogens (tertiary/aromatic N) is 1. The van der Waals surface area contributed by atoms with E-state index >= 15 is 0 Å². The lowest BCUT2D eigenvalue weighted by Crippen LogP contribution is -2.45. The maximum Gasteiger partial charge on any atom is 0.326 e. The highest BCUT2D eigenvalue weighted by molar-refractivity contribution is 5.84. The molecule has 0 radical (unpaired) electrons. The number of ether oxygens (including phenoxy) is 1. The molecule has 0 saturated carbocycles. The second kappa shape index (κ2) is 8.06. The van der Waals surface area contributed by atoms with Gasteiger partial charge in [0.1, 0.15) is 6.04 Å². The number of carboxylic acids is 1. The van der Waals surface area contributed by atoms with Crippen LogP contribution in [0.2, 0.25) is 0 Å². The molecule has 2 N–H and O–H groups in total. The molecule has 0 aliphatic carbocycles. The van der Waals surface area contributed by atoms with Crippen LogP contribution in [-0.4, -0.2) is 61.8 Å². The van der Waals surface area contributed by atoms with Crippen LogP contribution in [0.3, 0.4) is 0 Å². The van der Waals surface area contributed by atoms with E-state index in [-0.39, 0.29) is 12.5 Å². The second-order valence-electron chi connectivity index (χ2n) is 3.44. The van der Waals surface area contributed by atoms with Gasteiger partial charge in [0, 0.05) is 20.7 Å². The van der Waals surface area contributed by atoms with E-state index in [0.717, 1.165) is 0 Å². The van der Waals surface area contributed by atoms with Gasteiger partial charge in [-0.1, -0.05) is 6.92 Å². The Balaban J connectivity index is 4.01. The van der Waals surface area contributed by atoms with E-state index in [2.05, 4.69) is 5.32 Å². The topological polar surface area (TPSA) is 78.9 Å². The van der Waals surface area contributed by atoms with Gasteiger partial charge in [0.05, 0.1) is 13.2 Å². The van der Waals surface area contributed by atoms with Crippen molar-refractivity contribution in [1.82, 2.24) is 10.2 Å². The normalized spacial score (nSPS) is 12.2. The highest BCUT2D eigenvalue weighted by atomic mass is 16.5. The summed E-state index contributed by atoms with van der Waals surface area (Å²) in [5, 5.41) is 11.7. The minimum absolute atomic E-state index is 0.129. The molecule has 0 bridgehead atoms. The van der Waals surface area contributed by atoms with Crippen LogP contribution in [0.4, 0.5) is 0 Å². The Morgan fingerprint density at radius 3 is 2.56 bits per heavy atom. The Bertz CT molecular complexity index is 233. The van der Waals surface area contributed by atoms with E-state index in [1.807, 2.05) is 0 Å². The summed E-state index contributed by atoms with van der Waals surface area (Å²) >= 11 is 0. The van der Waals surface area contributed by atoms with E-state index in [1.54, 1.807) is 14.0 Å². The average Bonchev–Trinajstić information content (AvgIpc) is 2.24. The average molecular weight is 232 g/mol. The van der Waals surface area contributed by atoms with E-state index in [0.29, 0.717) is 19.6 Å². The van der Waals surface area contributed by atoms with Crippen molar-refractivity contribution >= 4 is 11.9 Å². The summed E-state index contributed by atoms with van der Waals surface area (Å²) in [4.78, 5) is 23.6. The molecular weight excluding hydrogens is 212 g/mol. The maximum atomic E-state index is 11.6. The van der Waals surface area contributed by atoms with E-state index in [9.17, 15) is 9.59 Å². The third-order valence-electron chi connectivity index (χ3n) is 2.29. The van der Waals surface area contributed by atoms with Crippen LogP contribution in [0.15, 0.2) is 0 Å². The predicted octanol–water partition coefficient (Wildman–Crippen LogP) is -0.456. The third-order valence-corrected chi connectivity index (χ3v) is 2.29. The van der Waals surface area contributed by atoms with Gasteiger partial charge in [-0.2, -0.15) is 0 Å². The summed E-state index contributed by atoms with van der Waals surface area (Å²) in [7, 11) is 3.08. The number of carbonyl (C=O) groups excluding carboxylic acids is 1. The largest absolute Gasteiger partial charge is 0.480 e. The van der Waals surface area contributed by atoms with Crippen LogP contribution >= 0.6 is 0 Å². The first-order valence-electron chi connectivity index (χ1n) is 5.22. The van der Waals surface area contributed by atoms with Crippen LogP contribution in [0.25, 0.3) is 0 Å². The molecule has 6 nitrogen and oxygen atoms in total. The summed E-state index contributed by atoms with van der Waals surface area (Å²) in [5.41, 5.74) is 0. The van der Waals surface area contributed by atoms with Gasteiger partial charge in [-0.15, -0.1) is 0 Å². The zero-order valence-electron chi connectivity index (χ0n) is 10.0. The van der Waals surface area contributed by atoms with Gasteiger partial charge in [0.2, 0.25) is 5.91 Å². The molecule has 0 aromatic carbocycles. The smallest absolute Gasteiger partial charge is 0.326 e. The van der Waals surface area contributed by atoms with Gasteiger partial charge in [-0.3, -0.25) is 4.79 Å². The van der Waals surface area contributed by atoms with E-state index < -0.39 is 12.0 Å². The monoisotopic (exact) mass is 232 g/mol. The fourth-order valence-electron chi connectivity index (χ4n) is 1.28. The summed E-state index contributed by atoms with van der Waals surface area (Å²) in [5.74, 6) is -1.21. The van der Waals surface area contributed by atoms with Crippen LogP contribution in [0.5, 0.6) is 0 Å². The van der Waals surface area contributed by atoms with Crippen LogP contribution in [0.1, 0.15) is 13.3 Å². The lowest BCUT2D eigenvalue weighted by Gasteiger charge is -2.23. The molecule has 0 aliphatic rings. The highest BCUT2D eigenvalue weighted by Crippen LogP contribution is 2.01. The van der Waals surface area contributed by atoms with E-state index in [4.69, 9.17) is 9.84 Å². The molecule has 94 valence electrons. The molecule has 0 fully saturated rings. The maximum absolute atomic E-state index is 11.6. The number of amides is 1. The molecule has 0 rings (SSSR count). The van der Waals surface area contributed by atoms with Crippen LogP contribution in [0, 0.1) is 0 Å². The van der Waals surface area contributed by atoms with Crippen molar-refractivity contribution in [1.29, 1.82) is 0 Å². The van der Waals surface area contributed by atoms with Crippen molar-refractivity contribution < 1.29 is 19.4 Å².